The maximum atomic E-state index is 12.5. The highest BCUT2D eigenvalue weighted by Gasteiger charge is 2.19. The van der Waals surface area contributed by atoms with Crippen molar-refractivity contribution in [3.8, 4) is 0 Å². The first-order valence-corrected chi connectivity index (χ1v) is 9.89. The van der Waals surface area contributed by atoms with Crippen LogP contribution in [0.25, 0.3) is 11.1 Å². The zero-order chi connectivity index (χ0) is 17.3. The molecule has 1 aromatic heterocycles. The van der Waals surface area contributed by atoms with Gasteiger partial charge in [-0.25, -0.2) is 17.9 Å². The smallest absolute Gasteiger partial charge is 0.408 e. The fourth-order valence-corrected chi connectivity index (χ4v) is 4.01. The van der Waals surface area contributed by atoms with Crippen LogP contribution in [0.15, 0.2) is 61.5 Å². The summed E-state index contributed by atoms with van der Waals surface area (Å²) in [6, 6.07) is 11.6. The van der Waals surface area contributed by atoms with Gasteiger partial charge in [-0.1, -0.05) is 12.1 Å². The van der Waals surface area contributed by atoms with Crippen molar-refractivity contribution in [2.45, 2.75) is 22.8 Å². The second-order valence-electron chi connectivity index (χ2n) is 5.29. The standard InChI is InChI=1S/C16H16N2O4S2/c1-10(11-3-5-12(23-2)6-4-11)18-24(20,21)13-7-8-14-15(9-13)22-16(19)17-14/h3-10,18H,1-2H3,(H,17,19)/t10-/m1/s1. The van der Waals surface area contributed by atoms with Crippen LogP contribution in [0.5, 0.6) is 0 Å². The van der Waals surface area contributed by atoms with Crippen molar-refractivity contribution >= 4 is 32.9 Å². The summed E-state index contributed by atoms with van der Waals surface area (Å²) in [5, 5.41) is 0. The lowest BCUT2D eigenvalue weighted by molar-refractivity contribution is 0.552. The number of hydrogen-bond donors (Lipinski definition) is 2. The first-order valence-electron chi connectivity index (χ1n) is 7.18. The van der Waals surface area contributed by atoms with Gasteiger partial charge in [-0.05, 0) is 43.0 Å². The molecular formula is C16H16N2O4S2. The Kier molecular flexibility index (Phi) is 4.53. The van der Waals surface area contributed by atoms with Crippen molar-refractivity contribution in [1.82, 2.24) is 9.71 Å². The third-order valence-corrected chi connectivity index (χ3v) is 5.93. The molecule has 0 unspecified atom stereocenters. The van der Waals surface area contributed by atoms with E-state index in [0.29, 0.717) is 5.52 Å². The highest BCUT2D eigenvalue weighted by molar-refractivity contribution is 7.98. The average Bonchev–Trinajstić information content (AvgIpc) is 2.93. The second kappa shape index (κ2) is 6.46. The number of hydrogen-bond acceptors (Lipinski definition) is 5. The van der Waals surface area contributed by atoms with Gasteiger partial charge in [0.2, 0.25) is 10.0 Å². The van der Waals surface area contributed by atoms with E-state index in [-0.39, 0.29) is 16.5 Å². The number of oxazole rings is 1. The number of thioether (sulfide) groups is 1. The Labute approximate surface area is 143 Å². The molecule has 6 nitrogen and oxygen atoms in total. The molecule has 0 saturated carbocycles. The third kappa shape index (κ3) is 3.40. The molecule has 1 atom stereocenters. The third-order valence-electron chi connectivity index (χ3n) is 3.65. The SMILES string of the molecule is CSc1ccc([C@@H](C)NS(=O)(=O)c2ccc3[nH]c(=O)oc3c2)cc1. The van der Waals surface area contributed by atoms with E-state index in [2.05, 4.69) is 9.71 Å². The van der Waals surface area contributed by atoms with Gasteiger partial charge in [-0.2, -0.15) is 0 Å². The van der Waals surface area contributed by atoms with E-state index < -0.39 is 15.8 Å². The normalized spacial score (nSPS) is 13.2. The number of H-pyrrole nitrogens is 1. The Bertz CT molecular complexity index is 1020. The van der Waals surface area contributed by atoms with Crippen molar-refractivity contribution in [2.75, 3.05) is 6.26 Å². The predicted molar refractivity (Wildman–Crippen MR) is 93.8 cm³/mol. The molecule has 8 heteroatoms. The van der Waals surface area contributed by atoms with Gasteiger partial charge in [0.05, 0.1) is 10.4 Å². The van der Waals surface area contributed by atoms with Crippen molar-refractivity contribution in [3.05, 3.63) is 58.6 Å². The first kappa shape index (κ1) is 16.8. The Morgan fingerprint density at radius 1 is 1.17 bits per heavy atom. The zero-order valence-corrected chi connectivity index (χ0v) is 14.7. The molecular weight excluding hydrogens is 348 g/mol. The van der Waals surface area contributed by atoms with E-state index in [1.165, 1.54) is 18.2 Å². The maximum Gasteiger partial charge on any atom is 0.417 e. The molecule has 1 heterocycles. The summed E-state index contributed by atoms with van der Waals surface area (Å²) >= 11 is 1.62. The van der Waals surface area contributed by atoms with Crippen molar-refractivity contribution < 1.29 is 12.8 Å². The van der Waals surface area contributed by atoms with Gasteiger partial charge >= 0.3 is 5.76 Å². The number of aromatic amines is 1. The molecule has 24 heavy (non-hydrogen) atoms. The molecule has 0 aliphatic rings. The minimum atomic E-state index is -3.74. The fourth-order valence-electron chi connectivity index (χ4n) is 2.35. The van der Waals surface area contributed by atoms with Crippen LogP contribution in [0.4, 0.5) is 0 Å². The molecule has 0 spiro atoms. The number of aromatic nitrogens is 1. The lowest BCUT2D eigenvalue weighted by Gasteiger charge is -2.15. The molecule has 3 aromatic rings. The maximum absolute atomic E-state index is 12.5. The molecule has 0 saturated heterocycles. The summed E-state index contributed by atoms with van der Waals surface area (Å²) in [6.45, 7) is 1.78. The van der Waals surface area contributed by atoms with Crippen LogP contribution in [-0.2, 0) is 10.0 Å². The van der Waals surface area contributed by atoms with Gasteiger partial charge in [-0.3, -0.25) is 4.98 Å². The summed E-state index contributed by atoms with van der Waals surface area (Å²) < 4.78 is 32.6. The lowest BCUT2D eigenvalue weighted by atomic mass is 10.1. The average molecular weight is 364 g/mol. The number of fused-ring (bicyclic) bond motifs is 1. The Morgan fingerprint density at radius 2 is 1.88 bits per heavy atom. The highest BCUT2D eigenvalue weighted by atomic mass is 32.2. The molecule has 0 radical (unpaired) electrons. The van der Waals surface area contributed by atoms with Crippen LogP contribution < -0.4 is 10.5 Å². The highest BCUT2D eigenvalue weighted by Crippen LogP contribution is 2.22. The zero-order valence-electron chi connectivity index (χ0n) is 13.1. The van der Waals surface area contributed by atoms with E-state index in [1.807, 2.05) is 30.5 Å². The fraction of sp³-hybridized carbons (Fsp3) is 0.188. The van der Waals surface area contributed by atoms with E-state index in [1.54, 1.807) is 18.7 Å². The van der Waals surface area contributed by atoms with Crippen molar-refractivity contribution in [1.29, 1.82) is 0 Å². The van der Waals surface area contributed by atoms with Gasteiger partial charge in [0.15, 0.2) is 5.58 Å². The van der Waals surface area contributed by atoms with Crippen LogP contribution in [0.1, 0.15) is 18.5 Å². The number of rotatable bonds is 5. The van der Waals surface area contributed by atoms with Gasteiger partial charge < -0.3 is 4.42 Å². The Hall–Kier alpha value is -2.03. The van der Waals surface area contributed by atoms with E-state index in [0.717, 1.165) is 10.5 Å². The molecule has 0 amide bonds. The van der Waals surface area contributed by atoms with Gasteiger partial charge in [-0.15, -0.1) is 11.8 Å². The predicted octanol–water partition coefficient (Wildman–Crippen LogP) is 2.88. The minimum Gasteiger partial charge on any atom is -0.408 e. The lowest BCUT2D eigenvalue weighted by Crippen LogP contribution is -2.26. The Balaban J connectivity index is 1.86. The summed E-state index contributed by atoms with van der Waals surface area (Å²) in [5.74, 6) is -0.616. The summed E-state index contributed by atoms with van der Waals surface area (Å²) in [4.78, 5) is 14.8. The van der Waals surface area contributed by atoms with Crippen molar-refractivity contribution in [3.63, 3.8) is 0 Å². The van der Waals surface area contributed by atoms with Crippen LogP contribution in [0.2, 0.25) is 0 Å². The van der Waals surface area contributed by atoms with Crippen LogP contribution in [0, 0.1) is 0 Å². The molecule has 0 fully saturated rings. The van der Waals surface area contributed by atoms with Crippen LogP contribution >= 0.6 is 11.8 Å². The molecule has 0 bridgehead atoms. The van der Waals surface area contributed by atoms with Crippen LogP contribution in [0.3, 0.4) is 0 Å². The molecule has 0 aliphatic carbocycles. The van der Waals surface area contributed by atoms with Crippen molar-refractivity contribution in [2.24, 2.45) is 0 Å². The summed E-state index contributed by atoms with van der Waals surface area (Å²) in [7, 11) is -3.74. The summed E-state index contributed by atoms with van der Waals surface area (Å²) in [5.41, 5.74) is 1.53. The van der Waals surface area contributed by atoms with Gasteiger partial charge in [0.25, 0.3) is 0 Å². The molecule has 2 aromatic carbocycles. The molecule has 2 N–H and O–H groups in total. The van der Waals surface area contributed by atoms with Crippen LogP contribution in [-0.4, -0.2) is 19.7 Å². The monoisotopic (exact) mass is 364 g/mol. The second-order valence-corrected chi connectivity index (χ2v) is 7.88. The molecule has 0 aliphatic heterocycles. The van der Waals surface area contributed by atoms with Gasteiger partial charge in [0, 0.05) is 17.0 Å². The molecule has 3 rings (SSSR count). The minimum absolute atomic E-state index is 0.0466. The number of benzene rings is 2. The number of sulfonamides is 1. The first-order chi connectivity index (χ1) is 11.4. The number of nitrogens with one attached hydrogen (secondary N) is 2. The quantitative estimate of drug-likeness (QED) is 0.679. The van der Waals surface area contributed by atoms with E-state index in [4.69, 9.17) is 4.42 Å². The largest absolute Gasteiger partial charge is 0.417 e. The van der Waals surface area contributed by atoms with E-state index >= 15 is 0 Å². The topological polar surface area (TPSA) is 92.2 Å². The van der Waals surface area contributed by atoms with E-state index in [9.17, 15) is 13.2 Å². The van der Waals surface area contributed by atoms with Gasteiger partial charge in [0.1, 0.15) is 0 Å². The Morgan fingerprint density at radius 3 is 2.54 bits per heavy atom. The summed E-state index contributed by atoms with van der Waals surface area (Å²) in [6.07, 6.45) is 1.98. The molecule has 126 valence electrons.